The van der Waals surface area contributed by atoms with Gasteiger partial charge in [0.25, 0.3) is 11.8 Å². The molecule has 4 nitrogen and oxygen atoms in total. The van der Waals surface area contributed by atoms with Crippen LogP contribution in [0.1, 0.15) is 40.0 Å². The first kappa shape index (κ1) is 10.5. The van der Waals surface area contributed by atoms with E-state index >= 15 is 0 Å². The fourth-order valence-electron chi connectivity index (χ4n) is 2.71. The SMILES string of the molecule is O=C1c2ccccc2C(=O)N1[C@H]1CC[C@@H](O)C1. The van der Waals surface area contributed by atoms with Crippen LogP contribution in [0, 0.1) is 0 Å². The van der Waals surface area contributed by atoms with E-state index < -0.39 is 0 Å². The predicted octanol–water partition coefficient (Wildman–Crippen LogP) is 1.20. The van der Waals surface area contributed by atoms with Crippen LogP contribution in [0.4, 0.5) is 0 Å². The van der Waals surface area contributed by atoms with Crippen molar-refractivity contribution < 1.29 is 14.7 Å². The van der Waals surface area contributed by atoms with E-state index in [1.165, 1.54) is 4.90 Å². The third-order valence-corrected chi connectivity index (χ3v) is 3.57. The Morgan fingerprint density at radius 2 is 1.65 bits per heavy atom. The molecule has 1 N–H and O–H groups in total. The Morgan fingerprint density at radius 3 is 2.12 bits per heavy atom. The Labute approximate surface area is 98.9 Å². The second-order valence-electron chi connectivity index (χ2n) is 4.65. The Bertz CT molecular complexity index is 462. The van der Waals surface area contributed by atoms with Gasteiger partial charge >= 0.3 is 0 Å². The number of hydrogen-bond donors (Lipinski definition) is 1. The van der Waals surface area contributed by atoms with Crippen LogP contribution in [0.2, 0.25) is 0 Å². The second-order valence-corrected chi connectivity index (χ2v) is 4.65. The lowest BCUT2D eigenvalue weighted by Gasteiger charge is -2.21. The van der Waals surface area contributed by atoms with E-state index in [-0.39, 0.29) is 24.0 Å². The molecule has 0 radical (unpaired) electrons. The highest BCUT2D eigenvalue weighted by atomic mass is 16.3. The summed E-state index contributed by atoms with van der Waals surface area (Å²) in [7, 11) is 0. The first-order chi connectivity index (χ1) is 8.18. The topological polar surface area (TPSA) is 57.6 Å². The first-order valence-corrected chi connectivity index (χ1v) is 5.83. The van der Waals surface area contributed by atoms with Crippen LogP contribution < -0.4 is 0 Å². The number of carbonyl (C=O) groups excluding carboxylic acids is 2. The van der Waals surface area contributed by atoms with Gasteiger partial charge in [-0.25, -0.2) is 0 Å². The zero-order chi connectivity index (χ0) is 12.0. The number of aliphatic hydroxyl groups excluding tert-OH is 1. The van der Waals surface area contributed by atoms with E-state index in [9.17, 15) is 14.7 Å². The maximum absolute atomic E-state index is 12.1. The molecule has 1 aromatic rings. The number of nitrogens with zero attached hydrogens (tertiary/aromatic N) is 1. The molecule has 17 heavy (non-hydrogen) atoms. The average Bonchev–Trinajstić information content (AvgIpc) is 2.84. The largest absolute Gasteiger partial charge is 0.393 e. The summed E-state index contributed by atoms with van der Waals surface area (Å²) in [6.45, 7) is 0. The minimum absolute atomic E-state index is 0.141. The van der Waals surface area contributed by atoms with Gasteiger partial charge in [0.1, 0.15) is 0 Å². The standard InChI is InChI=1S/C13H13NO3/c15-9-6-5-8(7-9)14-12(16)10-3-1-2-4-11(10)13(14)17/h1-4,8-9,15H,5-7H2/t8-,9+/m0/s1. The molecule has 1 fully saturated rings. The lowest BCUT2D eigenvalue weighted by molar-refractivity contribution is 0.0575. The van der Waals surface area contributed by atoms with Gasteiger partial charge in [0.05, 0.1) is 17.2 Å². The van der Waals surface area contributed by atoms with Crippen LogP contribution in [0.25, 0.3) is 0 Å². The summed E-state index contributed by atoms with van der Waals surface area (Å²) < 4.78 is 0. The minimum atomic E-state index is -0.385. The fraction of sp³-hybridized carbons (Fsp3) is 0.385. The van der Waals surface area contributed by atoms with Gasteiger partial charge in [0, 0.05) is 6.04 Å². The maximum Gasteiger partial charge on any atom is 0.261 e. The summed E-state index contributed by atoms with van der Waals surface area (Å²) in [5.41, 5.74) is 0.970. The molecule has 1 aromatic carbocycles. The van der Waals surface area contributed by atoms with Crippen molar-refractivity contribution in [3.63, 3.8) is 0 Å². The van der Waals surface area contributed by atoms with Gasteiger partial charge in [-0.3, -0.25) is 14.5 Å². The Hall–Kier alpha value is -1.68. The third-order valence-electron chi connectivity index (χ3n) is 3.57. The highest BCUT2D eigenvalue weighted by molar-refractivity contribution is 6.21. The van der Waals surface area contributed by atoms with Crippen LogP contribution in [-0.4, -0.2) is 34.0 Å². The van der Waals surface area contributed by atoms with Crippen molar-refractivity contribution in [2.24, 2.45) is 0 Å². The molecule has 0 saturated heterocycles. The van der Waals surface area contributed by atoms with E-state index in [0.29, 0.717) is 30.4 Å². The van der Waals surface area contributed by atoms with Crippen molar-refractivity contribution in [3.8, 4) is 0 Å². The molecule has 0 spiro atoms. The van der Waals surface area contributed by atoms with E-state index in [1.54, 1.807) is 24.3 Å². The van der Waals surface area contributed by atoms with Gasteiger partial charge in [-0.15, -0.1) is 0 Å². The molecule has 4 heteroatoms. The first-order valence-electron chi connectivity index (χ1n) is 5.83. The van der Waals surface area contributed by atoms with Crippen molar-refractivity contribution in [2.75, 3.05) is 0 Å². The quantitative estimate of drug-likeness (QED) is 0.739. The van der Waals surface area contributed by atoms with Crippen molar-refractivity contribution in [1.29, 1.82) is 0 Å². The molecule has 1 saturated carbocycles. The summed E-state index contributed by atoms with van der Waals surface area (Å²) in [6.07, 6.45) is 1.49. The summed E-state index contributed by atoms with van der Waals surface area (Å²) in [4.78, 5) is 25.6. The molecule has 1 heterocycles. The second kappa shape index (κ2) is 3.67. The van der Waals surface area contributed by atoms with Crippen molar-refractivity contribution >= 4 is 11.8 Å². The number of fused-ring (bicyclic) bond motifs is 1. The molecule has 0 bridgehead atoms. The van der Waals surface area contributed by atoms with Gasteiger partial charge in [-0.1, -0.05) is 12.1 Å². The van der Waals surface area contributed by atoms with Gasteiger partial charge in [0.15, 0.2) is 0 Å². The zero-order valence-electron chi connectivity index (χ0n) is 9.30. The molecule has 3 rings (SSSR count). The summed E-state index contributed by atoms with van der Waals surface area (Å²) in [6, 6.07) is 6.74. The minimum Gasteiger partial charge on any atom is -0.393 e. The zero-order valence-corrected chi connectivity index (χ0v) is 9.30. The van der Waals surface area contributed by atoms with Crippen LogP contribution in [0.15, 0.2) is 24.3 Å². The number of amides is 2. The van der Waals surface area contributed by atoms with Crippen LogP contribution >= 0.6 is 0 Å². The molecule has 0 aromatic heterocycles. The molecular formula is C13H13NO3. The van der Waals surface area contributed by atoms with Gasteiger partial charge in [0.2, 0.25) is 0 Å². The highest BCUT2D eigenvalue weighted by Crippen LogP contribution is 2.31. The van der Waals surface area contributed by atoms with Crippen molar-refractivity contribution in [1.82, 2.24) is 4.90 Å². The molecule has 2 amide bonds. The van der Waals surface area contributed by atoms with Gasteiger partial charge in [-0.05, 0) is 31.4 Å². The number of rotatable bonds is 1. The molecule has 0 unspecified atom stereocenters. The number of carbonyl (C=O) groups is 2. The Morgan fingerprint density at radius 1 is 1.06 bits per heavy atom. The van der Waals surface area contributed by atoms with Crippen molar-refractivity contribution in [3.05, 3.63) is 35.4 Å². The lowest BCUT2D eigenvalue weighted by Crippen LogP contribution is -2.38. The van der Waals surface area contributed by atoms with E-state index in [2.05, 4.69) is 0 Å². The number of imide groups is 1. The Kier molecular flexibility index (Phi) is 2.26. The van der Waals surface area contributed by atoms with Crippen molar-refractivity contribution in [2.45, 2.75) is 31.4 Å². The Balaban J connectivity index is 1.95. The molecule has 2 atom stereocenters. The van der Waals surface area contributed by atoms with E-state index in [4.69, 9.17) is 0 Å². The normalized spacial score (nSPS) is 27.7. The van der Waals surface area contributed by atoms with Gasteiger partial charge in [-0.2, -0.15) is 0 Å². The highest BCUT2D eigenvalue weighted by Gasteiger charge is 2.41. The third kappa shape index (κ3) is 1.48. The smallest absolute Gasteiger partial charge is 0.261 e. The molecular weight excluding hydrogens is 218 g/mol. The van der Waals surface area contributed by atoms with E-state index in [1.807, 2.05) is 0 Å². The fourth-order valence-corrected chi connectivity index (χ4v) is 2.71. The molecule has 1 aliphatic carbocycles. The number of hydrogen-bond acceptors (Lipinski definition) is 3. The number of benzene rings is 1. The van der Waals surface area contributed by atoms with Crippen LogP contribution in [-0.2, 0) is 0 Å². The number of aliphatic hydroxyl groups is 1. The maximum atomic E-state index is 12.1. The van der Waals surface area contributed by atoms with E-state index in [0.717, 1.165) is 0 Å². The van der Waals surface area contributed by atoms with Crippen LogP contribution in [0.5, 0.6) is 0 Å². The summed E-state index contributed by atoms with van der Waals surface area (Å²) in [5, 5.41) is 9.50. The summed E-state index contributed by atoms with van der Waals surface area (Å²) >= 11 is 0. The van der Waals surface area contributed by atoms with Crippen LogP contribution in [0.3, 0.4) is 0 Å². The van der Waals surface area contributed by atoms with Gasteiger partial charge < -0.3 is 5.11 Å². The monoisotopic (exact) mass is 231 g/mol. The predicted molar refractivity (Wildman–Crippen MR) is 60.6 cm³/mol. The average molecular weight is 231 g/mol. The molecule has 2 aliphatic rings. The summed E-state index contributed by atoms with van der Waals surface area (Å²) in [5.74, 6) is -0.436. The molecule has 1 aliphatic heterocycles. The lowest BCUT2D eigenvalue weighted by atomic mass is 10.1. The molecule has 88 valence electrons.